The lowest BCUT2D eigenvalue weighted by molar-refractivity contribution is 0.318. The van der Waals surface area contributed by atoms with Gasteiger partial charge in [0.1, 0.15) is 12.4 Å². The highest BCUT2D eigenvalue weighted by atomic mass is 32.2. The van der Waals surface area contributed by atoms with E-state index in [1.165, 1.54) is 24.0 Å². The summed E-state index contributed by atoms with van der Waals surface area (Å²) in [7, 11) is -3.51. The first-order valence-electron chi connectivity index (χ1n) is 8.78. The Labute approximate surface area is 150 Å². The minimum atomic E-state index is -3.51. The predicted molar refractivity (Wildman–Crippen MR) is 99.7 cm³/mol. The fourth-order valence-corrected chi connectivity index (χ4v) is 4.63. The average Bonchev–Trinajstić information content (AvgIpc) is 2.58. The summed E-state index contributed by atoms with van der Waals surface area (Å²) in [5.74, 6) is 0.892. The molecule has 3 rings (SSSR count). The van der Waals surface area contributed by atoms with E-state index in [1.807, 2.05) is 38.1 Å². The highest BCUT2D eigenvalue weighted by molar-refractivity contribution is 7.89. The average molecular weight is 359 g/mol. The van der Waals surface area contributed by atoms with Crippen LogP contribution in [0.5, 0.6) is 5.75 Å². The highest BCUT2D eigenvalue weighted by Gasteiger charge is 2.17. The smallest absolute Gasteiger partial charge is 0.240 e. The summed E-state index contributed by atoms with van der Waals surface area (Å²) in [6, 6.07) is 11.5. The number of fused-ring (bicyclic) bond motifs is 1. The lowest BCUT2D eigenvalue weighted by atomic mass is 9.91. The zero-order chi connectivity index (χ0) is 17.9. The monoisotopic (exact) mass is 359 g/mol. The van der Waals surface area contributed by atoms with Crippen molar-refractivity contribution >= 4 is 10.0 Å². The second kappa shape index (κ2) is 7.58. The molecule has 0 heterocycles. The summed E-state index contributed by atoms with van der Waals surface area (Å²) >= 11 is 0. The first-order valence-corrected chi connectivity index (χ1v) is 10.3. The Balaban J connectivity index is 1.60. The van der Waals surface area contributed by atoms with Crippen molar-refractivity contribution in [2.75, 3.05) is 13.2 Å². The SMILES string of the molecule is Cc1ccc(S(=O)(=O)NCCOc2cccc3c2CCCC3)c(C)c1. The number of rotatable bonds is 6. The Hall–Kier alpha value is -1.85. The summed E-state index contributed by atoms with van der Waals surface area (Å²) in [6.45, 7) is 4.33. The topological polar surface area (TPSA) is 55.4 Å². The highest BCUT2D eigenvalue weighted by Crippen LogP contribution is 2.29. The van der Waals surface area contributed by atoms with Crippen LogP contribution in [0.3, 0.4) is 0 Å². The molecule has 0 saturated heterocycles. The van der Waals surface area contributed by atoms with Gasteiger partial charge in [0.2, 0.25) is 10.0 Å². The Kier molecular flexibility index (Phi) is 5.45. The number of benzene rings is 2. The summed E-state index contributed by atoms with van der Waals surface area (Å²) in [5.41, 5.74) is 4.45. The molecule has 0 atom stereocenters. The molecule has 4 nitrogen and oxygen atoms in total. The maximum absolute atomic E-state index is 12.4. The van der Waals surface area contributed by atoms with Gasteiger partial charge in [-0.2, -0.15) is 0 Å². The van der Waals surface area contributed by atoms with E-state index in [2.05, 4.69) is 10.8 Å². The Morgan fingerprint density at radius 1 is 1.08 bits per heavy atom. The molecule has 0 radical (unpaired) electrons. The molecule has 134 valence electrons. The minimum Gasteiger partial charge on any atom is -0.492 e. The number of aryl methyl sites for hydroxylation is 3. The molecule has 1 aliphatic rings. The van der Waals surface area contributed by atoms with Crippen molar-refractivity contribution in [1.29, 1.82) is 0 Å². The number of sulfonamides is 1. The lowest BCUT2D eigenvalue weighted by Crippen LogP contribution is -2.29. The van der Waals surface area contributed by atoms with Crippen LogP contribution in [0, 0.1) is 13.8 Å². The van der Waals surface area contributed by atoms with E-state index in [-0.39, 0.29) is 6.54 Å². The van der Waals surface area contributed by atoms with Crippen LogP contribution >= 0.6 is 0 Å². The third-order valence-electron chi connectivity index (χ3n) is 4.62. The van der Waals surface area contributed by atoms with Gasteiger partial charge < -0.3 is 4.74 Å². The van der Waals surface area contributed by atoms with Crippen molar-refractivity contribution in [3.63, 3.8) is 0 Å². The van der Waals surface area contributed by atoms with E-state index in [0.717, 1.165) is 29.7 Å². The van der Waals surface area contributed by atoms with Crippen molar-refractivity contribution in [1.82, 2.24) is 4.72 Å². The van der Waals surface area contributed by atoms with E-state index in [4.69, 9.17) is 4.74 Å². The summed E-state index contributed by atoms with van der Waals surface area (Å²) in [4.78, 5) is 0.329. The molecular formula is C20H25NO3S. The fourth-order valence-electron chi connectivity index (χ4n) is 3.40. The van der Waals surface area contributed by atoms with E-state index in [9.17, 15) is 8.42 Å². The molecule has 0 bridgehead atoms. The van der Waals surface area contributed by atoms with Gasteiger partial charge in [-0.1, -0.05) is 29.8 Å². The van der Waals surface area contributed by atoms with Crippen LogP contribution in [0.1, 0.15) is 35.1 Å². The molecule has 2 aromatic rings. The zero-order valence-corrected chi connectivity index (χ0v) is 15.7. The van der Waals surface area contributed by atoms with Gasteiger partial charge in [0.25, 0.3) is 0 Å². The quantitative estimate of drug-likeness (QED) is 0.803. The maximum atomic E-state index is 12.4. The van der Waals surface area contributed by atoms with Gasteiger partial charge in [-0.25, -0.2) is 13.1 Å². The summed E-state index contributed by atoms with van der Waals surface area (Å²) < 4.78 is 33.4. The molecule has 2 aromatic carbocycles. The van der Waals surface area contributed by atoms with Crippen molar-refractivity contribution in [2.45, 2.75) is 44.4 Å². The van der Waals surface area contributed by atoms with Crippen LogP contribution in [-0.2, 0) is 22.9 Å². The van der Waals surface area contributed by atoms with E-state index >= 15 is 0 Å². The third-order valence-corrected chi connectivity index (χ3v) is 6.25. The van der Waals surface area contributed by atoms with Crippen LogP contribution in [0.15, 0.2) is 41.3 Å². The van der Waals surface area contributed by atoms with Gasteiger partial charge in [-0.15, -0.1) is 0 Å². The molecule has 0 unspecified atom stereocenters. The number of hydrogen-bond acceptors (Lipinski definition) is 3. The number of hydrogen-bond donors (Lipinski definition) is 1. The normalized spacial score (nSPS) is 14.2. The summed E-state index contributed by atoms with van der Waals surface area (Å²) in [6.07, 6.45) is 4.56. The van der Waals surface area contributed by atoms with E-state index in [1.54, 1.807) is 6.07 Å². The Bertz CT molecular complexity index is 859. The molecule has 1 aliphatic carbocycles. The predicted octanol–water partition coefficient (Wildman–Crippen LogP) is 3.54. The third kappa shape index (κ3) is 4.22. The number of nitrogens with one attached hydrogen (secondary N) is 1. The van der Waals surface area contributed by atoms with Crippen LogP contribution in [0.2, 0.25) is 0 Å². The van der Waals surface area contributed by atoms with Gasteiger partial charge in [0.05, 0.1) is 4.90 Å². The molecule has 25 heavy (non-hydrogen) atoms. The van der Waals surface area contributed by atoms with Crippen molar-refractivity contribution < 1.29 is 13.2 Å². The van der Waals surface area contributed by atoms with E-state index < -0.39 is 10.0 Å². The second-order valence-electron chi connectivity index (χ2n) is 6.62. The van der Waals surface area contributed by atoms with Crippen LogP contribution in [-0.4, -0.2) is 21.6 Å². The van der Waals surface area contributed by atoms with E-state index in [0.29, 0.717) is 11.5 Å². The van der Waals surface area contributed by atoms with Crippen LogP contribution in [0.25, 0.3) is 0 Å². The van der Waals surface area contributed by atoms with Crippen LogP contribution in [0.4, 0.5) is 0 Å². The molecule has 0 spiro atoms. The van der Waals surface area contributed by atoms with Gasteiger partial charge in [-0.05, 0) is 68.4 Å². The molecule has 0 saturated carbocycles. The standard InChI is InChI=1S/C20H25NO3S/c1-15-10-11-20(16(2)14-15)25(22,23)21-12-13-24-19-9-5-7-17-6-3-4-8-18(17)19/h5,7,9-11,14,21H,3-4,6,8,12-13H2,1-2H3. The van der Waals surface area contributed by atoms with Crippen LogP contribution < -0.4 is 9.46 Å². The van der Waals surface area contributed by atoms with Gasteiger partial charge in [-0.3, -0.25) is 0 Å². The second-order valence-corrected chi connectivity index (χ2v) is 8.35. The van der Waals surface area contributed by atoms with Crippen molar-refractivity contribution in [2.24, 2.45) is 0 Å². The largest absolute Gasteiger partial charge is 0.492 e. The van der Waals surface area contributed by atoms with Gasteiger partial charge >= 0.3 is 0 Å². The Morgan fingerprint density at radius 3 is 2.68 bits per heavy atom. The first-order chi connectivity index (χ1) is 12.0. The fraction of sp³-hybridized carbons (Fsp3) is 0.400. The van der Waals surface area contributed by atoms with Crippen molar-refractivity contribution in [3.8, 4) is 5.75 Å². The molecule has 0 fully saturated rings. The Morgan fingerprint density at radius 2 is 1.88 bits per heavy atom. The molecule has 0 amide bonds. The number of ether oxygens (including phenoxy) is 1. The molecule has 1 N–H and O–H groups in total. The molecule has 0 aliphatic heterocycles. The molecule has 0 aromatic heterocycles. The zero-order valence-electron chi connectivity index (χ0n) is 14.8. The first kappa shape index (κ1) is 18.0. The van der Waals surface area contributed by atoms with Gasteiger partial charge in [0, 0.05) is 6.54 Å². The minimum absolute atomic E-state index is 0.249. The molecular weight excluding hydrogens is 334 g/mol. The lowest BCUT2D eigenvalue weighted by Gasteiger charge is -2.19. The summed E-state index contributed by atoms with van der Waals surface area (Å²) in [5, 5.41) is 0. The van der Waals surface area contributed by atoms with Gasteiger partial charge in [0.15, 0.2) is 0 Å². The molecule has 5 heteroatoms. The maximum Gasteiger partial charge on any atom is 0.240 e. The van der Waals surface area contributed by atoms with Crippen molar-refractivity contribution in [3.05, 3.63) is 58.7 Å².